The van der Waals surface area contributed by atoms with Crippen molar-refractivity contribution in [1.82, 2.24) is 4.98 Å². The number of amides is 2. The summed E-state index contributed by atoms with van der Waals surface area (Å²) in [4.78, 5) is 29.2. The molecule has 0 spiro atoms. The first-order chi connectivity index (χ1) is 15.1. The highest BCUT2D eigenvalue weighted by atomic mass is 35.5. The topological polar surface area (TPSA) is 84.2 Å². The molecule has 32 heavy (non-hydrogen) atoms. The Morgan fingerprint density at radius 3 is 2.50 bits per heavy atom. The molecule has 0 saturated heterocycles. The van der Waals surface area contributed by atoms with Crippen LogP contribution in [0.3, 0.4) is 0 Å². The van der Waals surface area contributed by atoms with E-state index in [0.717, 1.165) is 17.4 Å². The average molecular weight is 480 g/mol. The van der Waals surface area contributed by atoms with Gasteiger partial charge in [0.15, 0.2) is 5.76 Å². The molecule has 6 nitrogen and oxygen atoms in total. The van der Waals surface area contributed by atoms with Gasteiger partial charge in [0.1, 0.15) is 10.5 Å². The van der Waals surface area contributed by atoms with Crippen LogP contribution in [0.5, 0.6) is 0 Å². The number of nitrogens with zero attached hydrogens (tertiary/aromatic N) is 1. The second-order valence-electron chi connectivity index (χ2n) is 6.68. The second-order valence-corrected chi connectivity index (χ2v) is 8.11. The number of alkyl halides is 3. The minimum atomic E-state index is -4.58. The van der Waals surface area contributed by atoms with Gasteiger partial charge in [-0.15, -0.1) is 11.3 Å². The van der Waals surface area contributed by atoms with E-state index in [1.807, 2.05) is 0 Å². The number of pyridine rings is 1. The Hall–Kier alpha value is -3.37. The lowest BCUT2D eigenvalue weighted by Gasteiger charge is -2.12. The van der Waals surface area contributed by atoms with Gasteiger partial charge >= 0.3 is 6.18 Å². The number of fused-ring (bicyclic) bond motifs is 1. The van der Waals surface area contributed by atoms with Crippen molar-refractivity contribution in [3.8, 4) is 0 Å². The molecule has 0 radical (unpaired) electrons. The van der Waals surface area contributed by atoms with E-state index in [4.69, 9.17) is 16.0 Å². The van der Waals surface area contributed by atoms with E-state index in [1.165, 1.54) is 36.6 Å². The summed E-state index contributed by atoms with van der Waals surface area (Å²) in [6.45, 7) is 1.63. The number of aryl methyl sites for hydroxylation is 1. The van der Waals surface area contributed by atoms with Crippen LogP contribution in [-0.2, 0) is 6.18 Å². The number of hydrogen-bond acceptors (Lipinski definition) is 5. The summed E-state index contributed by atoms with van der Waals surface area (Å²) in [5.41, 5.74) is -0.0544. The van der Waals surface area contributed by atoms with Crippen molar-refractivity contribution in [2.45, 2.75) is 13.1 Å². The molecule has 0 fully saturated rings. The number of thiophene rings is 1. The van der Waals surface area contributed by atoms with Gasteiger partial charge in [-0.05, 0) is 55.0 Å². The van der Waals surface area contributed by atoms with E-state index in [2.05, 4.69) is 15.6 Å². The number of hydrogen-bond donors (Lipinski definition) is 2. The van der Waals surface area contributed by atoms with Gasteiger partial charge in [-0.1, -0.05) is 11.6 Å². The molecule has 2 N–H and O–H groups in total. The summed E-state index contributed by atoms with van der Waals surface area (Å²) < 4.78 is 43.9. The van der Waals surface area contributed by atoms with E-state index in [1.54, 1.807) is 13.0 Å². The largest absolute Gasteiger partial charge is 0.459 e. The van der Waals surface area contributed by atoms with E-state index in [0.29, 0.717) is 16.0 Å². The van der Waals surface area contributed by atoms with Crippen molar-refractivity contribution in [2.24, 2.45) is 0 Å². The number of rotatable bonds is 4. The third-order valence-electron chi connectivity index (χ3n) is 4.52. The molecule has 0 aliphatic rings. The normalized spacial score (nSPS) is 11.5. The van der Waals surface area contributed by atoms with Crippen molar-refractivity contribution in [3.05, 3.63) is 75.6 Å². The Morgan fingerprint density at radius 1 is 1.06 bits per heavy atom. The molecule has 3 aromatic heterocycles. The highest BCUT2D eigenvalue weighted by molar-refractivity contribution is 7.20. The lowest BCUT2D eigenvalue weighted by Crippen LogP contribution is -2.16. The van der Waals surface area contributed by atoms with Crippen LogP contribution in [0.2, 0.25) is 5.02 Å². The fraction of sp³-hybridized carbons (Fsp3) is 0.0952. The Bertz CT molecular complexity index is 1330. The monoisotopic (exact) mass is 479 g/mol. The number of benzene rings is 1. The molecule has 0 atom stereocenters. The number of carbonyl (C=O) groups excluding carboxylic acids is 2. The Labute approximate surface area is 188 Å². The van der Waals surface area contributed by atoms with Gasteiger partial charge in [-0.2, -0.15) is 13.2 Å². The summed E-state index contributed by atoms with van der Waals surface area (Å²) in [5, 5.41) is 6.05. The number of anilines is 2. The van der Waals surface area contributed by atoms with Crippen LogP contribution < -0.4 is 10.6 Å². The van der Waals surface area contributed by atoms with E-state index in [-0.39, 0.29) is 26.8 Å². The molecule has 0 aliphatic heterocycles. The minimum Gasteiger partial charge on any atom is -0.459 e. The molecule has 1 aromatic carbocycles. The van der Waals surface area contributed by atoms with Crippen molar-refractivity contribution in [1.29, 1.82) is 0 Å². The van der Waals surface area contributed by atoms with Crippen molar-refractivity contribution in [3.63, 3.8) is 0 Å². The molecule has 4 rings (SSSR count). The third kappa shape index (κ3) is 4.32. The lowest BCUT2D eigenvalue weighted by molar-refractivity contribution is -0.140. The molecule has 164 valence electrons. The Balaban J connectivity index is 1.63. The van der Waals surface area contributed by atoms with Crippen LogP contribution in [0.1, 0.15) is 31.5 Å². The summed E-state index contributed by atoms with van der Waals surface area (Å²) in [6.07, 6.45) is -3.24. The van der Waals surface area contributed by atoms with E-state index < -0.39 is 23.7 Å². The summed E-state index contributed by atoms with van der Waals surface area (Å²) in [5.74, 6) is -1.04. The summed E-state index contributed by atoms with van der Waals surface area (Å²) in [7, 11) is 0. The lowest BCUT2D eigenvalue weighted by atomic mass is 10.1. The molecule has 0 bridgehead atoms. The average Bonchev–Trinajstić information content (AvgIpc) is 3.38. The molecule has 0 saturated carbocycles. The molecule has 2 amide bonds. The van der Waals surface area contributed by atoms with E-state index >= 15 is 0 Å². The Kier molecular flexibility index (Phi) is 5.66. The van der Waals surface area contributed by atoms with Gasteiger partial charge in [0.05, 0.1) is 22.5 Å². The third-order valence-corrected chi connectivity index (χ3v) is 5.96. The van der Waals surface area contributed by atoms with Crippen LogP contribution in [-0.4, -0.2) is 16.8 Å². The van der Waals surface area contributed by atoms with Gasteiger partial charge in [-0.25, -0.2) is 4.98 Å². The van der Waals surface area contributed by atoms with Crippen LogP contribution in [0, 0.1) is 6.92 Å². The predicted octanol–water partition coefficient (Wildman–Crippen LogP) is 6.37. The number of halogens is 4. The summed E-state index contributed by atoms with van der Waals surface area (Å²) in [6, 6.07) is 9.68. The highest BCUT2D eigenvalue weighted by Crippen LogP contribution is 2.35. The van der Waals surface area contributed by atoms with Crippen LogP contribution in [0.15, 0.2) is 53.1 Å². The fourth-order valence-corrected chi connectivity index (χ4v) is 4.22. The maximum Gasteiger partial charge on any atom is 0.433 e. The fourth-order valence-electron chi connectivity index (χ4n) is 2.97. The molecule has 0 unspecified atom stereocenters. The zero-order valence-corrected chi connectivity index (χ0v) is 17.8. The number of carbonyl (C=O) groups is 2. The van der Waals surface area contributed by atoms with Crippen molar-refractivity contribution >= 4 is 56.3 Å². The smallest absolute Gasteiger partial charge is 0.433 e. The van der Waals surface area contributed by atoms with Crippen LogP contribution in [0.4, 0.5) is 24.5 Å². The first-order valence-electron chi connectivity index (χ1n) is 9.06. The van der Waals surface area contributed by atoms with Gasteiger partial charge in [-0.3, -0.25) is 9.59 Å². The quantitative estimate of drug-likeness (QED) is 0.356. The maximum atomic E-state index is 13.0. The SMILES string of the molecule is Cc1c(C(=O)Nc2ccc(Cl)cc2NC(=O)c2ccco2)sc2nc(C(F)(F)F)ccc12. The first-order valence-corrected chi connectivity index (χ1v) is 10.3. The molecular formula is C21H13ClF3N3O3S. The highest BCUT2D eigenvalue weighted by Gasteiger charge is 2.33. The van der Waals surface area contributed by atoms with Gasteiger partial charge in [0, 0.05) is 10.4 Å². The standard InChI is InChI=1S/C21H13ClF3N3O3S/c1-10-12-5-7-16(21(23,24)25)28-20(12)32-17(10)19(30)26-13-6-4-11(22)9-14(13)27-18(29)15-3-2-8-31-15/h2-9H,1H3,(H,26,30)(H,27,29). The first kappa shape index (κ1) is 21.8. The minimum absolute atomic E-state index is 0.0640. The number of furan rings is 1. The van der Waals surface area contributed by atoms with E-state index in [9.17, 15) is 22.8 Å². The zero-order valence-electron chi connectivity index (χ0n) is 16.2. The van der Waals surface area contributed by atoms with Gasteiger partial charge in [0.25, 0.3) is 11.8 Å². The second kappa shape index (κ2) is 8.29. The molecule has 4 aromatic rings. The predicted molar refractivity (Wildman–Crippen MR) is 115 cm³/mol. The number of nitrogens with one attached hydrogen (secondary N) is 2. The number of aromatic nitrogens is 1. The van der Waals surface area contributed by atoms with Gasteiger partial charge < -0.3 is 15.1 Å². The van der Waals surface area contributed by atoms with Gasteiger partial charge in [0.2, 0.25) is 0 Å². The Morgan fingerprint density at radius 2 is 1.81 bits per heavy atom. The molecule has 3 heterocycles. The van der Waals surface area contributed by atoms with Crippen molar-refractivity contribution < 1.29 is 27.2 Å². The van der Waals surface area contributed by atoms with Crippen LogP contribution in [0.25, 0.3) is 10.2 Å². The zero-order chi connectivity index (χ0) is 23.0. The molecular weight excluding hydrogens is 467 g/mol. The van der Waals surface area contributed by atoms with Crippen molar-refractivity contribution in [2.75, 3.05) is 10.6 Å². The maximum absolute atomic E-state index is 13.0. The molecule has 0 aliphatic carbocycles. The molecule has 11 heteroatoms. The summed E-state index contributed by atoms with van der Waals surface area (Å²) >= 11 is 6.87. The van der Waals surface area contributed by atoms with Crippen LogP contribution >= 0.6 is 22.9 Å².